The Balaban J connectivity index is 2.29. The van der Waals surface area contributed by atoms with Crippen molar-refractivity contribution in [3.05, 3.63) is 42.0 Å². The number of nitrogens with zero attached hydrogens (tertiary/aromatic N) is 1. The molecular weight excluding hydrogens is 232 g/mol. The molecular formula is C13H12N2O3. The lowest BCUT2D eigenvalue weighted by Gasteiger charge is -2.03. The van der Waals surface area contributed by atoms with Crippen LogP contribution in [-0.4, -0.2) is 24.5 Å². The fraction of sp³-hybridized carbons (Fsp3) is 0.0769. The minimum Gasteiger partial charge on any atom is -0.507 e. The van der Waals surface area contributed by atoms with Gasteiger partial charge < -0.3 is 9.84 Å². The Kier molecular flexibility index (Phi) is 3.43. The number of carbonyl (C=O) groups is 1. The smallest absolute Gasteiger partial charge is 0.427 e. The van der Waals surface area contributed by atoms with E-state index in [1.807, 2.05) is 30.3 Å². The third-order valence-electron chi connectivity index (χ3n) is 2.48. The van der Waals surface area contributed by atoms with Gasteiger partial charge in [0.15, 0.2) is 0 Å². The first-order chi connectivity index (χ1) is 8.72. The first kappa shape index (κ1) is 11.9. The van der Waals surface area contributed by atoms with E-state index in [1.165, 1.54) is 13.3 Å². The van der Waals surface area contributed by atoms with Crippen LogP contribution in [-0.2, 0) is 4.74 Å². The molecule has 0 saturated heterocycles. The lowest BCUT2D eigenvalue weighted by molar-refractivity contribution is 0.171. The number of amides is 1. The van der Waals surface area contributed by atoms with Crippen molar-refractivity contribution >= 4 is 23.1 Å². The molecule has 2 rings (SSSR count). The highest BCUT2D eigenvalue weighted by Gasteiger charge is 2.03. The second-order valence-corrected chi connectivity index (χ2v) is 3.59. The van der Waals surface area contributed by atoms with E-state index >= 15 is 0 Å². The van der Waals surface area contributed by atoms with E-state index < -0.39 is 6.09 Å². The standard InChI is InChI=1S/C13H12N2O3/c1-18-13(17)15-14-8-10-7-6-9-4-2-3-5-11(9)12(10)16/h2-8,16H,1H3,(H,15,17)/b14-8+. The molecule has 0 aliphatic heterocycles. The fourth-order valence-corrected chi connectivity index (χ4v) is 1.58. The van der Waals surface area contributed by atoms with Gasteiger partial charge in [-0.3, -0.25) is 0 Å². The molecule has 1 amide bonds. The summed E-state index contributed by atoms with van der Waals surface area (Å²) in [6.07, 6.45) is 0.699. The number of phenolic OH excluding ortho intramolecular Hbond substituents is 1. The molecule has 0 spiro atoms. The Morgan fingerprint density at radius 2 is 2.11 bits per heavy atom. The third-order valence-corrected chi connectivity index (χ3v) is 2.48. The van der Waals surface area contributed by atoms with Crippen LogP contribution in [0.5, 0.6) is 5.75 Å². The topological polar surface area (TPSA) is 70.9 Å². The van der Waals surface area contributed by atoms with Gasteiger partial charge in [-0.1, -0.05) is 30.3 Å². The molecule has 0 radical (unpaired) electrons. The minimum atomic E-state index is -0.661. The number of phenols is 1. The van der Waals surface area contributed by atoms with Crippen LogP contribution in [0.1, 0.15) is 5.56 Å². The monoisotopic (exact) mass is 244 g/mol. The molecule has 0 aliphatic carbocycles. The molecule has 0 fully saturated rings. The normalized spacial score (nSPS) is 10.7. The predicted molar refractivity (Wildman–Crippen MR) is 68.7 cm³/mol. The SMILES string of the molecule is COC(=O)N/N=C/c1ccc2ccccc2c1O. The van der Waals surface area contributed by atoms with Gasteiger partial charge in [-0.05, 0) is 11.5 Å². The summed E-state index contributed by atoms with van der Waals surface area (Å²) >= 11 is 0. The highest BCUT2D eigenvalue weighted by atomic mass is 16.5. The molecule has 2 N–H and O–H groups in total. The quantitative estimate of drug-likeness (QED) is 0.628. The molecule has 0 aromatic heterocycles. The zero-order valence-corrected chi connectivity index (χ0v) is 9.75. The van der Waals surface area contributed by atoms with Crippen LogP contribution in [0.25, 0.3) is 10.8 Å². The van der Waals surface area contributed by atoms with E-state index in [0.29, 0.717) is 5.56 Å². The maximum Gasteiger partial charge on any atom is 0.427 e. The van der Waals surface area contributed by atoms with E-state index in [0.717, 1.165) is 10.8 Å². The van der Waals surface area contributed by atoms with Crippen molar-refractivity contribution in [3.8, 4) is 5.75 Å². The van der Waals surface area contributed by atoms with Gasteiger partial charge in [0.2, 0.25) is 0 Å². The highest BCUT2D eigenvalue weighted by molar-refractivity contribution is 5.97. The molecule has 0 atom stereocenters. The second-order valence-electron chi connectivity index (χ2n) is 3.59. The number of methoxy groups -OCH3 is 1. The third kappa shape index (κ3) is 2.40. The van der Waals surface area contributed by atoms with Crippen molar-refractivity contribution in [3.63, 3.8) is 0 Å². The summed E-state index contributed by atoms with van der Waals surface area (Å²) < 4.78 is 4.36. The zero-order valence-electron chi connectivity index (χ0n) is 9.75. The molecule has 2 aromatic rings. The van der Waals surface area contributed by atoms with Gasteiger partial charge in [-0.15, -0.1) is 0 Å². The van der Waals surface area contributed by atoms with Gasteiger partial charge in [0.25, 0.3) is 0 Å². The zero-order chi connectivity index (χ0) is 13.0. The Hall–Kier alpha value is -2.56. The minimum absolute atomic E-state index is 0.128. The number of nitrogens with one attached hydrogen (secondary N) is 1. The first-order valence-corrected chi connectivity index (χ1v) is 5.30. The Labute approximate surface area is 104 Å². The molecule has 5 nitrogen and oxygen atoms in total. The Morgan fingerprint density at radius 1 is 1.33 bits per heavy atom. The summed E-state index contributed by atoms with van der Waals surface area (Å²) in [5.74, 6) is 0.128. The van der Waals surface area contributed by atoms with Crippen molar-refractivity contribution in [2.24, 2.45) is 5.10 Å². The largest absolute Gasteiger partial charge is 0.507 e. The number of hydrogen-bond donors (Lipinski definition) is 2. The van der Waals surface area contributed by atoms with E-state index in [-0.39, 0.29) is 5.75 Å². The Morgan fingerprint density at radius 3 is 2.89 bits per heavy atom. The fourth-order valence-electron chi connectivity index (χ4n) is 1.58. The number of carbonyl (C=O) groups excluding carboxylic acids is 1. The summed E-state index contributed by atoms with van der Waals surface area (Å²) in [5, 5.41) is 15.4. The predicted octanol–water partition coefficient (Wildman–Crippen LogP) is 2.24. The van der Waals surface area contributed by atoms with Gasteiger partial charge in [0.1, 0.15) is 5.75 Å². The number of hydrogen-bond acceptors (Lipinski definition) is 4. The maximum absolute atomic E-state index is 10.8. The van der Waals surface area contributed by atoms with Crippen molar-refractivity contribution in [2.45, 2.75) is 0 Å². The molecule has 0 heterocycles. The van der Waals surface area contributed by atoms with Crippen molar-refractivity contribution in [2.75, 3.05) is 7.11 Å². The van der Waals surface area contributed by atoms with Crippen LogP contribution in [0.2, 0.25) is 0 Å². The van der Waals surface area contributed by atoms with Crippen LogP contribution in [0.15, 0.2) is 41.5 Å². The van der Waals surface area contributed by atoms with Crippen LogP contribution < -0.4 is 5.43 Å². The average molecular weight is 244 g/mol. The van der Waals surface area contributed by atoms with Crippen LogP contribution in [0.4, 0.5) is 4.79 Å². The Bertz CT molecular complexity index is 608. The second kappa shape index (κ2) is 5.18. The molecule has 2 aromatic carbocycles. The maximum atomic E-state index is 10.8. The molecule has 0 aliphatic rings. The van der Waals surface area contributed by atoms with Crippen LogP contribution in [0, 0.1) is 0 Å². The van der Waals surface area contributed by atoms with E-state index in [9.17, 15) is 9.90 Å². The molecule has 92 valence electrons. The summed E-state index contributed by atoms with van der Waals surface area (Å²) in [4.78, 5) is 10.8. The molecule has 18 heavy (non-hydrogen) atoms. The summed E-state index contributed by atoms with van der Waals surface area (Å²) in [7, 11) is 1.25. The number of fused-ring (bicyclic) bond motifs is 1. The van der Waals surface area contributed by atoms with Crippen molar-refractivity contribution in [1.29, 1.82) is 0 Å². The number of aromatic hydroxyl groups is 1. The van der Waals surface area contributed by atoms with Gasteiger partial charge in [0, 0.05) is 10.9 Å². The number of hydrazone groups is 1. The summed E-state index contributed by atoms with van der Waals surface area (Å²) in [6.45, 7) is 0. The number of benzene rings is 2. The van der Waals surface area contributed by atoms with Gasteiger partial charge in [-0.25, -0.2) is 10.2 Å². The van der Waals surface area contributed by atoms with Crippen LogP contribution >= 0.6 is 0 Å². The summed E-state index contributed by atoms with van der Waals surface area (Å²) in [5.41, 5.74) is 2.67. The lowest BCUT2D eigenvalue weighted by Crippen LogP contribution is -2.16. The van der Waals surface area contributed by atoms with E-state index in [1.54, 1.807) is 6.07 Å². The number of rotatable bonds is 2. The van der Waals surface area contributed by atoms with Gasteiger partial charge >= 0.3 is 6.09 Å². The van der Waals surface area contributed by atoms with Crippen LogP contribution in [0.3, 0.4) is 0 Å². The van der Waals surface area contributed by atoms with E-state index in [2.05, 4.69) is 15.3 Å². The van der Waals surface area contributed by atoms with E-state index in [4.69, 9.17) is 0 Å². The highest BCUT2D eigenvalue weighted by Crippen LogP contribution is 2.27. The summed E-state index contributed by atoms with van der Waals surface area (Å²) in [6, 6.07) is 11.1. The molecule has 5 heteroatoms. The lowest BCUT2D eigenvalue weighted by atomic mass is 10.1. The average Bonchev–Trinajstić information content (AvgIpc) is 2.41. The number of ether oxygens (including phenoxy) is 1. The van der Waals surface area contributed by atoms with Gasteiger partial charge in [0.05, 0.1) is 13.3 Å². The molecule has 0 bridgehead atoms. The van der Waals surface area contributed by atoms with Crippen molar-refractivity contribution < 1.29 is 14.6 Å². The molecule has 0 saturated carbocycles. The molecule has 0 unspecified atom stereocenters. The van der Waals surface area contributed by atoms with Crippen molar-refractivity contribution in [1.82, 2.24) is 5.43 Å². The first-order valence-electron chi connectivity index (χ1n) is 5.30. The van der Waals surface area contributed by atoms with Gasteiger partial charge in [-0.2, -0.15) is 5.10 Å².